The van der Waals surface area contributed by atoms with Gasteiger partial charge in [-0.05, 0) is 48.9 Å². The minimum Gasteiger partial charge on any atom is -0.494 e. The number of rotatable bonds is 7. The summed E-state index contributed by atoms with van der Waals surface area (Å²) in [5.41, 5.74) is 1.86. The van der Waals surface area contributed by atoms with Gasteiger partial charge in [-0.1, -0.05) is 12.1 Å². The average Bonchev–Trinajstić information content (AvgIpc) is 2.56. The van der Waals surface area contributed by atoms with E-state index >= 15 is 0 Å². The molecular weight excluding hydrogens is 326 g/mol. The van der Waals surface area contributed by atoms with Crippen LogP contribution in [0.3, 0.4) is 0 Å². The van der Waals surface area contributed by atoms with Gasteiger partial charge in [0.2, 0.25) is 0 Å². The lowest BCUT2D eigenvalue weighted by Gasteiger charge is -2.11. The molecule has 2 aromatic carbocycles. The van der Waals surface area contributed by atoms with Crippen LogP contribution in [0.15, 0.2) is 58.5 Å². The van der Waals surface area contributed by atoms with E-state index < -0.39 is 10.0 Å². The van der Waals surface area contributed by atoms with Gasteiger partial charge in [0.1, 0.15) is 5.75 Å². The highest BCUT2D eigenvalue weighted by atomic mass is 32.2. The zero-order chi connectivity index (χ0) is 17.6. The molecule has 0 spiro atoms. The number of benzene rings is 2. The van der Waals surface area contributed by atoms with Crippen molar-refractivity contribution in [3.05, 3.63) is 54.1 Å². The standard InChI is InChI=1S/C17H21N3O3S/c1-4-23-16-9-11-17(12-10-16)24(21,22)19-18-13-14-5-7-15(8-6-14)20(2)3/h5-13,19H,4H2,1-3H3/b18-13+. The normalized spacial score (nSPS) is 11.5. The summed E-state index contributed by atoms with van der Waals surface area (Å²) in [4.78, 5) is 4.32. The van der Waals surface area contributed by atoms with Crippen LogP contribution in [0.2, 0.25) is 0 Å². The maximum Gasteiger partial charge on any atom is 0.276 e. The van der Waals surface area contributed by atoms with Gasteiger partial charge >= 0.3 is 0 Å². The predicted octanol–water partition coefficient (Wildman–Crippen LogP) is 2.46. The van der Waals surface area contributed by atoms with E-state index in [1.807, 2.05) is 50.2 Å². The van der Waals surface area contributed by atoms with E-state index in [1.54, 1.807) is 12.1 Å². The van der Waals surface area contributed by atoms with Crippen molar-refractivity contribution in [1.82, 2.24) is 4.83 Å². The fraction of sp³-hybridized carbons (Fsp3) is 0.235. The molecule has 0 aliphatic carbocycles. The zero-order valence-electron chi connectivity index (χ0n) is 13.9. The number of hydrazone groups is 1. The van der Waals surface area contributed by atoms with Crippen LogP contribution in [0.4, 0.5) is 5.69 Å². The third-order valence-electron chi connectivity index (χ3n) is 3.24. The SMILES string of the molecule is CCOc1ccc(S(=O)(=O)N/N=C/c2ccc(N(C)C)cc2)cc1. The van der Waals surface area contributed by atoms with Gasteiger partial charge in [0.25, 0.3) is 10.0 Å². The van der Waals surface area contributed by atoms with Crippen molar-refractivity contribution in [1.29, 1.82) is 0 Å². The highest BCUT2D eigenvalue weighted by Crippen LogP contribution is 2.16. The van der Waals surface area contributed by atoms with Gasteiger partial charge in [-0.15, -0.1) is 0 Å². The lowest BCUT2D eigenvalue weighted by Crippen LogP contribution is -2.18. The molecule has 0 saturated heterocycles. The van der Waals surface area contributed by atoms with E-state index in [9.17, 15) is 8.42 Å². The number of sulfonamides is 1. The van der Waals surface area contributed by atoms with Crippen molar-refractivity contribution in [2.45, 2.75) is 11.8 Å². The van der Waals surface area contributed by atoms with Crippen LogP contribution in [-0.4, -0.2) is 35.3 Å². The third kappa shape index (κ3) is 4.73. The molecule has 0 radical (unpaired) electrons. The summed E-state index contributed by atoms with van der Waals surface area (Å²) >= 11 is 0. The number of nitrogens with one attached hydrogen (secondary N) is 1. The fourth-order valence-corrected chi connectivity index (χ4v) is 2.75. The van der Waals surface area contributed by atoms with Crippen LogP contribution >= 0.6 is 0 Å². The van der Waals surface area contributed by atoms with Crippen LogP contribution in [0, 0.1) is 0 Å². The van der Waals surface area contributed by atoms with E-state index in [-0.39, 0.29) is 4.90 Å². The van der Waals surface area contributed by atoms with E-state index in [4.69, 9.17) is 4.74 Å². The molecule has 0 unspecified atom stereocenters. The first-order chi connectivity index (χ1) is 11.4. The highest BCUT2D eigenvalue weighted by molar-refractivity contribution is 7.89. The smallest absolute Gasteiger partial charge is 0.276 e. The number of hydrogen-bond acceptors (Lipinski definition) is 5. The Kier molecular flexibility index (Phi) is 5.81. The predicted molar refractivity (Wildman–Crippen MR) is 96.3 cm³/mol. The minimum absolute atomic E-state index is 0.131. The summed E-state index contributed by atoms with van der Waals surface area (Å²) in [6, 6.07) is 13.8. The van der Waals surface area contributed by atoms with Gasteiger partial charge in [-0.3, -0.25) is 0 Å². The first-order valence-corrected chi connectivity index (χ1v) is 8.96. The summed E-state index contributed by atoms with van der Waals surface area (Å²) < 4.78 is 29.6. The molecule has 6 nitrogen and oxygen atoms in total. The topological polar surface area (TPSA) is 71.0 Å². The highest BCUT2D eigenvalue weighted by Gasteiger charge is 2.12. The van der Waals surface area contributed by atoms with Crippen molar-refractivity contribution < 1.29 is 13.2 Å². The van der Waals surface area contributed by atoms with Crippen molar-refractivity contribution in [2.24, 2.45) is 5.10 Å². The average molecular weight is 347 g/mol. The lowest BCUT2D eigenvalue weighted by molar-refractivity contribution is 0.340. The summed E-state index contributed by atoms with van der Waals surface area (Å²) in [5.74, 6) is 0.626. The zero-order valence-corrected chi connectivity index (χ0v) is 14.7. The summed E-state index contributed by atoms with van der Waals surface area (Å²) in [6.45, 7) is 2.40. The number of ether oxygens (including phenoxy) is 1. The van der Waals surface area contributed by atoms with Gasteiger partial charge in [0.15, 0.2) is 0 Å². The van der Waals surface area contributed by atoms with Crippen LogP contribution in [0.25, 0.3) is 0 Å². The van der Waals surface area contributed by atoms with Gasteiger partial charge in [0.05, 0.1) is 17.7 Å². The van der Waals surface area contributed by atoms with Gasteiger partial charge in [0, 0.05) is 19.8 Å². The van der Waals surface area contributed by atoms with E-state index in [1.165, 1.54) is 18.3 Å². The third-order valence-corrected chi connectivity index (χ3v) is 4.48. The number of anilines is 1. The molecule has 2 rings (SSSR count). The van der Waals surface area contributed by atoms with Crippen molar-refractivity contribution >= 4 is 21.9 Å². The van der Waals surface area contributed by atoms with Gasteiger partial charge in [-0.25, -0.2) is 4.83 Å². The molecule has 7 heteroatoms. The Morgan fingerprint density at radius 2 is 1.71 bits per heavy atom. The lowest BCUT2D eigenvalue weighted by atomic mass is 10.2. The Bertz CT molecular complexity index is 783. The van der Waals surface area contributed by atoms with Crippen molar-refractivity contribution in [2.75, 3.05) is 25.6 Å². The molecule has 0 heterocycles. The number of hydrogen-bond donors (Lipinski definition) is 1. The maximum atomic E-state index is 12.2. The quantitative estimate of drug-likeness (QED) is 0.617. The second-order valence-corrected chi connectivity index (χ2v) is 6.90. The Morgan fingerprint density at radius 1 is 1.08 bits per heavy atom. The summed E-state index contributed by atoms with van der Waals surface area (Å²) in [7, 11) is 0.209. The first-order valence-electron chi connectivity index (χ1n) is 7.47. The molecule has 0 amide bonds. The van der Waals surface area contributed by atoms with Crippen molar-refractivity contribution in [3.8, 4) is 5.75 Å². The molecule has 0 saturated carbocycles. The molecule has 0 aromatic heterocycles. The Hall–Kier alpha value is -2.54. The molecule has 1 N–H and O–H groups in total. The summed E-state index contributed by atoms with van der Waals surface area (Å²) in [5, 5.41) is 3.82. The molecule has 0 aliphatic heterocycles. The molecule has 0 bridgehead atoms. The largest absolute Gasteiger partial charge is 0.494 e. The van der Waals surface area contributed by atoms with Crippen molar-refractivity contribution in [3.63, 3.8) is 0 Å². The first kappa shape index (κ1) is 17.8. The molecule has 2 aromatic rings. The van der Waals surface area contributed by atoms with Crippen LogP contribution in [0.5, 0.6) is 5.75 Å². The monoisotopic (exact) mass is 347 g/mol. The van der Waals surface area contributed by atoms with Crippen LogP contribution < -0.4 is 14.5 Å². The number of nitrogens with zero attached hydrogens (tertiary/aromatic N) is 2. The Morgan fingerprint density at radius 3 is 2.25 bits per heavy atom. The molecule has 0 aliphatic rings. The van der Waals surface area contributed by atoms with Gasteiger partial charge < -0.3 is 9.64 Å². The summed E-state index contributed by atoms with van der Waals surface area (Å²) in [6.07, 6.45) is 1.46. The Labute approximate surface area is 142 Å². The molecule has 128 valence electrons. The molecular formula is C17H21N3O3S. The molecule has 24 heavy (non-hydrogen) atoms. The van der Waals surface area contributed by atoms with Gasteiger partial charge in [-0.2, -0.15) is 13.5 Å². The molecule has 0 atom stereocenters. The Balaban J connectivity index is 2.03. The van der Waals surface area contributed by atoms with E-state index in [0.717, 1.165) is 11.3 Å². The fourth-order valence-electron chi connectivity index (χ4n) is 1.96. The van der Waals surface area contributed by atoms with Crippen LogP contribution in [0.1, 0.15) is 12.5 Å². The molecule has 0 fully saturated rings. The second kappa shape index (κ2) is 7.83. The van der Waals surface area contributed by atoms with E-state index in [2.05, 4.69) is 9.93 Å². The van der Waals surface area contributed by atoms with Crippen LogP contribution in [-0.2, 0) is 10.0 Å². The minimum atomic E-state index is -3.70. The second-order valence-electron chi connectivity index (χ2n) is 5.24. The van der Waals surface area contributed by atoms with E-state index in [0.29, 0.717) is 12.4 Å². The maximum absolute atomic E-state index is 12.2.